The first-order chi connectivity index (χ1) is 11.1. The maximum Gasteiger partial charge on any atom is 0.511 e. The van der Waals surface area contributed by atoms with Crippen LogP contribution in [0.5, 0.6) is 11.5 Å². The molecule has 6 heteroatoms. The molecular formula is C17H17NO5. The summed E-state index contributed by atoms with van der Waals surface area (Å²) >= 11 is 0. The summed E-state index contributed by atoms with van der Waals surface area (Å²) in [6.45, 7) is 0.866. The maximum absolute atomic E-state index is 11.0. The standard InChI is InChI=1S/C17H17NO5/c19-11-3-2-9-10-7-8-1-4-12(22-16(20)21)14-13(8)17(9,5-6-18-10)15(11)23-14/h1-4,9-11,15,18-19H,5-7H2,(H,20,21)/t9-,10+,11-,15-,17-/m0/s1. The fraction of sp³-hybridized carbons (Fsp3) is 0.471. The summed E-state index contributed by atoms with van der Waals surface area (Å²) in [6.07, 6.45) is 3.21. The first kappa shape index (κ1) is 13.4. The zero-order valence-electron chi connectivity index (χ0n) is 12.4. The van der Waals surface area contributed by atoms with Gasteiger partial charge >= 0.3 is 6.16 Å². The van der Waals surface area contributed by atoms with Gasteiger partial charge in [0.05, 0.1) is 0 Å². The van der Waals surface area contributed by atoms with Crippen LogP contribution in [0.2, 0.25) is 0 Å². The van der Waals surface area contributed by atoms with Crippen molar-refractivity contribution in [1.29, 1.82) is 0 Å². The number of carbonyl (C=O) groups is 1. The third kappa shape index (κ3) is 1.52. The molecule has 120 valence electrons. The highest BCUT2D eigenvalue weighted by Gasteiger charge is 2.63. The minimum atomic E-state index is -1.36. The monoisotopic (exact) mass is 315 g/mol. The zero-order valence-corrected chi connectivity index (χ0v) is 12.4. The topological polar surface area (TPSA) is 88.0 Å². The van der Waals surface area contributed by atoms with Gasteiger partial charge in [0, 0.05) is 22.9 Å². The Balaban J connectivity index is 1.77. The molecule has 0 saturated carbocycles. The Morgan fingerprint density at radius 1 is 1.39 bits per heavy atom. The molecule has 23 heavy (non-hydrogen) atoms. The van der Waals surface area contributed by atoms with Crippen molar-refractivity contribution in [3.63, 3.8) is 0 Å². The highest BCUT2D eigenvalue weighted by Crippen LogP contribution is 2.61. The van der Waals surface area contributed by atoms with Crippen LogP contribution in [0.1, 0.15) is 17.5 Å². The number of benzene rings is 1. The molecule has 4 aliphatic rings. The number of hydrogen-bond donors (Lipinski definition) is 3. The van der Waals surface area contributed by atoms with E-state index in [2.05, 4.69) is 11.4 Å². The summed E-state index contributed by atoms with van der Waals surface area (Å²) in [5.74, 6) is 0.976. The molecule has 1 aromatic rings. The minimum absolute atomic E-state index is 0.225. The Labute approximate surface area is 132 Å². The molecule has 2 heterocycles. The Kier molecular flexibility index (Phi) is 2.49. The van der Waals surface area contributed by atoms with Crippen molar-refractivity contribution in [2.45, 2.75) is 36.5 Å². The van der Waals surface area contributed by atoms with Crippen LogP contribution in [0.3, 0.4) is 0 Å². The van der Waals surface area contributed by atoms with E-state index in [1.54, 1.807) is 6.07 Å². The molecule has 5 atom stereocenters. The largest absolute Gasteiger partial charge is 0.511 e. The molecule has 1 saturated heterocycles. The van der Waals surface area contributed by atoms with Crippen LogP contribution < -0.4 is 14.8 Å². The van der Waals surface area contributed by atoms with Crippen molar-refractivity contribution >= 4 is 6.16 Å². The third-order valence-electron chi connectivity index (χ3n) is 5.86. The Hall–Kier alpha value is -2.05. The molecule has 6 nitrogen and oxygen atoms in total. The van der Waals surface area contributed by atoms with Crippen LogP contribution in [-0.2, 0) is 11.8 Å². The van der Waals surface area contributed by atoms with E-state index in [-0.39, 0.29) is 23.2 Å². The number of hydrogen-bond acceptors (Lipinski definition) is 5. The van der Waals surface area contributed by atoms with E-state index in [1.165, 1.54) is 0 Å². The Morgan fingerprint density at radius 2 is 2.26 bits per heavy atom. The number of aliphatic hydroxyl groups is 1. The first-order valence-electron chi connectivity index (χ1n) is 7.95. The molecule has 0 amide bonds. The summed E-state index contributed by atoms with van der Waals surface area (Å²) in [5.41, 5.74) is 1.92. The fourth-order valence-electron chi connectivity index (χ4n) is 5.14. The van der Waals surface area contributed by atoms with E-state index in [4.69, 9.17) is 14.6 Å². The zero-order chi connectivity index (χ0) is 15.8. The second-order valence-electron chi connectivity index (χ2n) is 6.79. The molecule has 1 fully saturated rings. The van der Waals surface area contributed by atoms with Crippen LogP contribution in [0.25, 0.3) is 0 Å². The van der Waals surface area contributed by atoms with Gasteiger partial charge in [-0.05, 0) is 31.0 Å². The van der Waals surface area contributed by atoms with Gasteiger partial charge in [-0.15, -0.1) is 0 Å². The minimum Gasteiger partial charge on any atom is -0.482 e. The summed E-state index contributed by atoms with van der Waals surface area (Å²) in [4.78, 5) is 11.0. The second-order valence-corrected chi connectivity index (χ2v) is 6.79. The van der Waals surface area contributed by atoms with Gasteiger partial charge in [0.25, 0.3) is 0 Å². The lowest BCUT2D eigenvalue weighted by Gasteiger charge is -2.53. The smallest absolute Gasteiger partial charge is 0.482 e. The van der Waals surface area contributed by atoms with Gasteiger partial charge in [-0.2, -0.15) is 0 Å². The van der Waals surface area contributed by atoms with E-state index >= 15 is 0 Å². The quantitative estimate of drug-likeness (QED) is 0.410. The third-order valence-corrected chi connectivity index (χ3v) is 5.86. The number of aliphatic hydroxyl groups excluding tert-OH is 1. The normalized spacial score (nSPS) is 38.7. The van der Waals surface area contributed by atoms with Crippen LogP contribution in [0.4, 0.5) is 4.79 Å². The molecule has 0 unspecified atom stereocenters. The lowest BCUT2D eigenvalue weighted by atomic mass is 9.54. The average molecular weight is 315 g/mol. The Bertz CT molecular complexity index is 745. The van der Waals surface area contributed by atoms with Crippen molar-refractivity contribution in [2.75, 3.05) is 6.54 Å². The van der Waals surface area contributed by atoms with Crippen LogP contribution in [0, 0.1) is 5.92 Å². The molecule has 2 bridgehead atoms. The molecule has 2 aliphatic carbocycles. The highest BCUT2D eigenvalue weighted by atomic mass is 16.7. The van der Waals surface area contributed by atoms with E-state index < -0.39 is 12.3 Å². The lowest BCUT2D eigenvalue weighted by Crippen LogP contribution is -2.64. The van der Waals surface area contributed by atoms with Gasteiger partial charge in [-0.3, -0.25) is 0 Å². The van der Waals surface area contributed by atoms with Crippen LogP contribution >= 0.6 is 0 Å². The summed E-state index contributed by atoms with van der Waals surface area (Å²) in [6, 6.07) is 3.92. The van der Waals surface area contributed by atoms with Gasteiger partial charge in [-0.1, -0.05) is 18.2 Å². The Morgan fingerprint density at radius 3 is 3.09 bits per heavy atom. The SMILES string of the molecule is O=C(O)Oc1ccc2c3c1O[C@H]1[C@@H](O)C=C[C@H]4[C@@H](C2)NCC[C@@]341. The maximum atomic E-state index is 11.0. The van der Waals surface area contributed by atoms with Gasteiger partial charge < -0.3 is 25.0 Å². The molecule has 1 aromatic carbocycles. The van der Waals surface area contributed by atoms with Crippen LogP contribution in [-0.4, -0.2) is 41.2 Å². The lowest BCUT2D eigenvalue weighted by molar-refractivity contribution is -0.0177. The number of carboxylic acid groups (broad SMARTS) is 1. The van der Waals surface area contributed by atoms with Crippen LogP contribution in [0.15, 0.2) is 24.3 Å². The highest BCUT2D eigenvalue weighted by molar-refractivity contribution is 5.68. The van der Waals surface area contributed by atoms with Crippen molar-refractivity contribution in [1.82, 2.24) is 5.32 Å². The number of piperidine rings is 1. The van der Waals surface area contributed by atoms with Crippen molar-refractivity contribution in [3.05, 3.63) is 35.4 Å². The molecule has 5 rings (SSSR count). The number of ether oxygens (including phenoxy) is 2. The molecular weight excluding hydrogens is 298 g/mol. The van der Waals surface area contributed by atoms with Crippen molar-refractivity contribution in [2.24, 2.45) is 5.92 Å². The summed E-state index contributed by atoms with van der Waals surface area (Å²) < 4.78 is 11.0. The second kappa shape index (κ2) is 4.27. The van der Waals surface area contributed by atoms with Gasteiger partial charge in [-0.25, -0.2) is 4.79 Å². The molecule has 3 N–H and O–H groups in total. The first-order valence-corrected chi connectivity index (χ1v) is 7.95. The fourth-order valence-corrected chi connectivity index (χ4v) is 5.14. The number of nitrogens with one attached hydrogen (secondary N) is 1. The van der Waals surface area contributed by atoms with Gasteiger partial charge in [0.1, 0.15) is 12.2 Å². The molecule has 1 spiro atoms. The van der Waals surface area contributed by atoms with E-state index in [9.17, 15) is 9.90 Å². The summed E-state index contributed by atoms with van der Waals surface area (Å²) in [5, 5.41) is 23.0. The average Bonchev–Trinajstić information content (AvgIpc) is 2.85. The molecule has 0 aromatic heterocycles. The van der Waals surface area contributed by atoms with Crippen molar-refractivity contribution < 1.29 is 24.5 Å². The van der Waals surface area contributed by atoms with Gasteiger partial charge in [0.2, 0.25) is 0 Å². The van der Waals surface area contributed by atoms with E-state index in [1.807, 2.05) is 12.1 Å². The predicted octanol–water partition coefficient (Wildman–Crippen LogP) is 1.21. The van der Waals surface area contributed by atoms with Gasteiger partial charge in [0.15, 0.2) is 11.5 Å². The van der Waals surface area contributed by atoms with E-state index in [0.29, 0.717) is 11.8 Å². The van der Waals surface area contributed by atoms with Crippen molar-refractivity contribution in [3.8, 4) is 11.5 Å². The number of rotatable bonds is 1. The predicted molar refractivity (Wildman–Crippen MR) is 79.9 cm³/mol. The van der Waals surface area contributed by atoms with E-state index in [0.717, 1.165) is 30.5 Å². The summed E-state index contributed by atoms with van der Waals surface area (Å²) in [7, 11) is 0. The molecule has 2 aliphatic heterocycles. The molecule has 0 radical (unpaired) electrons.